The summed E-state index contributed by atoms with van der Waals surface area (Å²) in [6, 6.07) is 22.0. The van der Waals surface area contributed by atoms with Crippen molar-refractivity contribution in [3.63, 3.8) is 0 Å². The number of hydrogen-bond donors (Lipinski definition) is 1. The smallest absolute Gasteiger partial charge is 0.265 e. The summed E-state index contributed by atoms with van der Waals surface area (Å²) in [5.74, 6) is 0.923. The predicted octanol–water partition coefficient (Wildman–Crippen LogP) is 5.94. The molecule has 0 bridgehead atoms. The number of nitrogens with one attached hydrogen (secondary N) is 1. The maximum absolute atomic E-state index is 12.7. The lowest BCUT2D eigenvalue weighted by atomic mass is 10.2. The zero-order valence-electron chi connectivity index (χ0n) is 15.8. The summed E-state index contributed by atoms with van der Waals surface area (Å²) in [7, 11) is 0. The normalized spacial score (nSPS) is 11.9. The van der Waals surface area contributed by atoms with Crippen LogP contribution in [0.2, 0.25) is 5.02 Å². The van der Waals surface area contributed by atoms with Crippen LogP contribution in [0.4, 0.5) is 5.69 Å². The summed E-state index contributed by atoms with van der Waals surface area (Å²) >= 11 is 6.05. The topological polar surface area (TPSA) is 64.4 Å². The molecule has 1 N–H and O–H groups in total. The van der Waals surface area contributed by atoms with Gasteiger partial charge in [0.25, 0.3) is 5.91 Å². The van der Waals surface area contributed by atoms with Crippen LogP contribution >= 0.6 is 11.6 Å². The number of halogens is 1. The maximum atomic E-state index is 12.7. The van der Waals surface area contributed by atoms with Gasteiger partial charge < -0.3 is 14.5 Å². The van der Waals surface area contributed by atoms with Crippen LogP contribution in [0.1, 0.15) is 13.3 Å². The number of oxazole rings is 1. The van der Waals surface area contributed by atoms with Gasteiger partial charge in [0, 0.05) is 16.3 Å². The van der Waals surface area contributed by atoms with Crippen LogP contribution in [0, 0.1) is 0 Å². The average Bonchev–Trinajstić information content (AvgIpc) is 3.16. The minimum Gasteiger partial charge on any atom is -0.481 e. The van der Waals surface area contributed by atoms with Crippen molar-refractivity contribution in [3.05, 3.63) is 77.8 Å². The molecule has 1 amide bonds. The van der Waals surface area contributed by atoms with Gasteiger partial charge in [0.05, 0.1) is 0 Å². The first-order chi connectivity index (χ1) is 14.1. The van der Waals surface area contributed by atoms with E-state index in [1.54, 1.807) is 30.3 Å². The molecule has 1 atom stereocenters. The molecule has 0 aliphatic carbocycles. The zero-order valence-corrected chi connectivity index (χ0v) is 16.5. The highest BCUT2D eigenvalue weighted by Crippen LogP contribution is 2.28. The van der Waals surface area contributed by atoms with Gasteiger partial charge in [-0.15, -0.1) is 0 Å². The van der Waals surface area contributed by atoms with Crippen LogP contribution in [0.5, 0.6) is 5.75 Å². The van der Waals surface area contributed by atoms with Crippen molar-refractivity contribution in [1.29, 1.82) is 0 Å². The molecule has 1 heterocycles. The molecular weight excluding hydrogens is 388 g/mol. The molecule has 146 valence electrons. The number of carbonyl (C=O) groups excluding carboxylic acids is 1. The van der Waals surface area contributed by atoms with Gasteiger partial charge in [0.15, 0.2) is 11.7 Å². The van der Waals surface area contributed by atoms with Crippen LogP contribution in [-0.2, 0) is 4.79 Å². The van der Waals surface area contributed by atoms with Crippen LogP contribution in [-0.4, -0.2) is 17.0 Å². The minimum absolute atomic E-state index is 0.214. The molecule has 0 fully saturated rings. The fourth-order valence-electron chi connectivity index (χ4n) is 2.96. The van der Waals surface area contributed by atoms with Gasteiger partial charge in [-0.2, -0.15) is 0 Å². The van der Waals surface area contributed by atoms with E-state index in [1.165, 1.54) is 0 Å². The van der Waals surface area contributed by atoms with E-state index in [2.05, 4.69) is 10.3 Å². The van der Waals surface area contributed by atoms with Crippen LogP contribution in [0.25, 0.3) is 22.6 Å². The third kappa shape index (κ3) is 4.41. The molecule has 0 unspecified atom stereocenters. The number of ether oxygens (including phenoxy) is 1. The van der Waals surface area contributed by atoms with Gasteiger partial charge in [-0.05, 0) is 55.0 Å². The number of hydrogen-bond acceptors (Lipinski definition) is 4. The second-order valence-corrected chi connectivity index (χ2v) is 6.97. The molecule has 3 aromatic carbocycles. The number of aromatic nitrogens is 1. The highest BCUT2D eigenvalue weighted by Gasteiger charge is 2.19. The monoisotopic (exact) mass is 406 g/mol. The highest BCUT2D eigenvalue weighted by atomic mass is 35.5. The fourth-order valence-corrected chi connectivity index (χ4v) is 3.15. The maximum Gasteiger partial charge on any atom is 0.265 e. The van der Waals surface area contributed by atoms with E-state index in [-0.39, 0.29) is 5.91 Å². The van der Waals surface area contributed by atoms with Gasteiger partial charge in [0.1, 0.15) is 11.3 Å². The molecule has 29 heavy (non-hydrogen) atoms. The molecule has 1 aromatic heterocycles. The van der Waals surface area contributed by atoms with E-state index in [0.29, 0.717) is 39.9 Å². The van der Waals surface area contributed by atoms with Gasteiger partial charge in [0.2, 0.25) is 5.89 Å². The largest absolute Gasteiger partial charge is 0.481 e. The Morgan fingerprint density at radius 1 is 1.10 bits per heavy atom. The number of benzene rings is 3. The van der Waals surface area contributed by atoms with E-state index >= 15 is 0 Å². The quantitative estimate of drug-likeness (QED) is 0.430. The highest BCUT2D eigenvalue weighted by molar-refractivity contribution is 6.30. The van der Waals surface area contributed by atoms with E-state index < -0.39 is 6.10 Å². The third-order valence-electron chi connectivity index (χ3n) is 4.41. The summed E-state index contributed by atoms with van der Waals surface area (Å²) in [5.41, 5.74) is 2.70. The molecule has 0 saturated heterocycles. The van der Waals surface area contributed by atoms with Crippen LogP contribution < -0.4 is 10.1 Å². The first-order valence-electron chi connectivity index (χ1n) is 9.31. The Hall–Kier alpha value is -3.31. The molecule has 0 saturated carbocycles. The molecule has 4 rings (SSSR count). The molecule has 5 nitrogen and oxygen atoms in total. The van der Waals surface area contributed by atoms with Crippen molar-refractivity contribution in [2.24, 2.45) is 0 Å². The Balaban J connectivity index is 1.52. The number of anilines is 1. The molecule has 0 spiro atoms. The Morgan fingerprint density at radius 3 is 2.69 bits per heavy atom. The number of rotatable bonds is 6. The van der Waals surface area contributed by atoms with Gasteiger partial charge in [-0.3, -0.25) is 4.79 Å². The summed E-state index contributed by atoms with van der Waals surface area (Å²) in [6.07, 6.45) is -0.0429. The Morgan fingerprint density at radius 2 is 1.93 bits per heavy atom. The number of carbonyl (C=O) groups is 1. The average molecular weight is 407 g/mol. The molecule has 0 radical (unpaired) electrons. The lowest BCUT2D eigenvalue weighted by Gasteiger charge is -2.17. The lowest BCUT2D eigenvalue weighted by Crippen LogP contribution is -2.32. The van der Waals surface area contributed by atoms with Crippen LogP contribution in [0.3, 0.4) is 0 Å². The summed E-state index contributed by atoms with van der Waals surface area (Å²) in [6.45, 7) is 1.91. The summed E-state index contributed by atoms with van der Waals surface area (Å²) < 4.78 is 11.6. The Labute approximate surface area is 173 Å². The SMILES string of the molecule is CC[C@H](Oc1ccccc1)C(=O)Nc1ccc2oc(-c3cccc(Cl)c3)nc2c1. The van der Waals surface area contributed by atoms with Crippen molar-refractivity contribution in [3.8, 4) is 17.2 Å². The van der Waals surface area contributed by atoms with Crippen molar-refractivity contribution in [1.82, 2.24) is 4.98 Å². The van der Waals surface area contributed by atoms with Crippen molar-refractivity contribution >= 4 is 34.3 Å². The van der Waals surface area contributed by atoms with E-state index in [1.807, 2.05) is 49.4 Å². The molecule has 4 aromatic rings. The minimum atomic E-state index is -0.590. The molecule has 0 aliphatic heterocycles. The summed E-state index contributed by atoms with van der Waals surface area (Å²) in [5, 5.41) is 3.51. The zero-order chi connectivity index (χ0) is 20.2. The number of nitrogens with zero attached hydrogens (tertiary/aromatic N) is 1. The first-order valence-corrected chi connectivity index (χ1v) is 9.69. The van der Waals surface area contributed by atoms with Gasteiger partial charge >= 0.3 is 0 Å². The standard InChI is InChI=1S/C23H19ClN2O3/c1-2-20(28-18-9-4-3-5-10-18)22(27)25-17-11-12-21-19(14-17)26-23(29-21)15-7-6-8-16(24)13-15/h3-14,20H,2H2,1H3,(H,25,27)/t20-/m0/s1. The van der Waals surface area contributed by atoms with Crippen LogP contribution in [0.15, 0.2) is 77.2 Å². The van der Waals surface area contributed by atoms with E-state index in [4.69, 9.17) is 20.8 Å². The Bertz CT molecular complexity index is 1140. The Kier molecular flexibility index (Phi) is 5.49. The number of para-hydroxylation sites is 1. The molecule has 6 heteroatoms. The van der Waals surface area contributed by atoms with Crippen molar-refractivity contribution < 1.29 is 13.9 Å². The molecule has 0 aliphatic rings. The first kappa shape index (κ1) is 19.0. The fraction of sp³-hybridized carbons (Fsp3) is 0.130. The predicted molar refractivity (Wildman–Crippen MR) is 114 cm³/mol. The van der Waals surface area contributed by atoms with Crippen molar-refractivity contribution in [2.45, 2.75) is 19.4 Å². The second-order valence-electron chi connectivity index (χ2n) is 6.53. The van der Waals surface area contributed by atoms with Gasteiger partial charge in [-0.25, -0.2) is 4.98 Å². The second kappa shape index (κ2) is 8.37. The van der Waals surface area contributed by atoms with E-state index in [0.717, 1.165) is 5.56 Å². The number of fused-ring (bicyclic) bond motifs is 1. The third-order valence-corrected chi connectivity index (χ3v) is 4.65. The van der Waals surface area contributed by atoms with Gasteiger partial charge in [-0.1, -0.05) is 42.8 Å². The molecular formula is C23H19ClN2O3. The van der Waals surface area contributed by atoms with Crippen molar-refractivity contribution in [2.75, 3.05) is 5.32 Å². The lowest BCUT2D eigenvalue weighted by molar-refractivity contribution is -0.122. The number of amides is 1. The van der Waals surface area contributed by atoms with E-state index in [9.17, 15) is 4.79 Å². The summed E-state index contributed by atoms with van der Waals surface area (Å²) in [4.78, 5) is 17.2.